The van der Waals surface area contributed by atoms with Crippen molar-refractivity contribution in [2.75, 3.05) is 6.54 Å². The Labute approximate surface area is 119 Å². The van der Waals surface area contributed by atoms with Crippen molar-refractivity contribution in [1.29, 1.82) is 0 Å². The van der Waals surface area contributed by atoms with E-state index in [1.54, 1.807) is 12.1 Å². The zero-order valence-corrected chi connectivity index (χ0v) is 12.2. The van der Waals surface area contributed by atoms with E-state index in [-0.39, 0.29) is 4.90 Å². The maximum absolute atomic E-state index is 12.0. The van der Waals surface area contributed by atoms with E-state index in [1.807, 2.05) is 6.92 Å². The molecule has 0 bridgehead atoms. The molecule has 1 aromatic rings. The largest absolute Gasteiger partial charge is 0.481 e. The highest BCUT2D eigenvalue weighted by atomic mass is 32.2. The Morgan fingerprint density at radius 3 is 2.35 bits per heavy atom. The molecule has 0 spiro atoms. The first-order chi connectivity index (χ1) is 9.42. The van der Waals surface area contributed by atoms with Gasteiger partial charge in [0.05, 0.1) is 10.3 Å². The summed E-state index contributed by atoms with van der Waals surface area (Å²) in [6, 6.07) is 6.17. The molecule has 0 radical (unpaired) electrons. The van der Waals surface area contributed by atoms with E-state index < -0.39 is 21.4 Å². The summed E-state index contributed by atoms with van der Waals surface area (Å²) in [7, 11) is -3.49. The second-order valence-electron chi connectivity index (χ2n) is 5.16. The molecule has 1 saturated carbocycles. The fourth-order valence-electron chi connectivity index (χ4n) is 2.17. The lowest BCUT2D eigenvalue weighted by Crippen LogP contribution is -2.25. The quantitative estimate of drug-likeness (QED) is 0.753. The number of rotatable bonds is 7. The van der Waals surface area contributed by atoms with E-state index in [2.05, 4.69) is 4.72 Å². The predicted molar refractivity (Wildman–Crippen MR) is 75.1 cm³/mol. The van der Waals surface area contributed by atoms with Crippen LogP contribution in [0.2, 0.25) is 0 Å². The van der Waals surface area contributed by atoms with Crippen LogP contribution in [0.5, 0.6) is 0 Å². The molecule has 5 nitrogen and oxygen atoms in total. The van der Waals surface area contributed by atoms with Crippen LogP contribution in [0.25, 0.3) is 0 Å². The first-order valence-electron chi connectivity index (χ1n) is 6.76. The Kier molecular flexibility index (Phi) is 4.15. The van der Waals surface area contributed by atoms with Crippen LogP contribution in [-0.2, 0) is 20.2 Å². The number of benzene rings is 1. The number of carbonyl (C=O) groups is 1. The summed E-state index contributed by atoms with van der Waals surface area (Å²) in [5.74, 6) is -0.839. The lowest BCUT2D eigenvalue weighted by atomic mass is 9.96. The average Bonchev–Trinajstić information content (AvgIpc) is 3.20. The van der Waals surface area contributed by atoms with Crippen LogP contribution in [0.15, 0.2) is 29.2 Å². The SMILES string of the molecule is CCCCNS(=O)(=O)c1ccc(C2(C(=O)O)CC2)cc1. The minimum absolute atomic E-state index is 0.179. The molecule has 1 fully saturated rings. The summed E-state index contributed by atoms with van der Waals surface area (Å²) in [6.45, 7) is 2.41. The molecule has 2 rings (SSSR count). The Bertz CT molecular complexity index is 588. The predicted octanol–water partition coefficient (Wildman–Crippen LogP) is 1.88. The Morgan fingerprint density at radius 1 is 1.30 bits per heavy atom. The van der Waals surface area contributed by atoms with Crippen LogP contribution < -0.4 is 4.72 Å². The van der Waals surface area contributed by atoms with Crippen LogP contribution >= 0.6 is 0 Å². The third-order valence-corrected chi connectivity index (χ3v) is 5.18. The van der Waals surface area contributed by atoms with E-state index in [1.165, 1.54) is 12.1 Å². The molecule has 0 unspecified atom stereocenters. The van der Waals surface area contributed by atoms with Gasteiger partial charge in [-0.25, -0.2) is 13.1 Å². The first-order valence-corrected chi connectivity index (χ1v) is 8.24. The maximum atomic E-state index is 12.0. The zero-order chi connectivity index (χ0) is 14.8. The van der Waals surface area contributed by atoms with E-state index in [0.29, 0.717) is 24.9 Å². The normalized spacial score (nSPS) is 16.9. The Balaban J connectivity index is 2.14. The second kappa shape index (κ2) is 5.54. The Morgan fingerprint density at radius 2 is 1.90 bits per heavy atom. The van der Waals surface area contributed by atoms with E-state index in [0.717, 1.165) is 12.8 Å². The van der Waals surface area contributed by atoms with Gasteiger partial charge in [0.2, 0.25) is 10.0 Å². The molecule has 6 heteroatoms. The van der Waals surface area contributed by atoms with Crippen LogP contribution in [0, 0.1) is 0 Å². The molecular weight excluding hydrogens is 278 g/mol. The monoisotopic (exact) mass is 297 g/mol. The highest BCUT2D eigenvalue weighted by molar-refractivity contribution is 7.89. The highest BCUT2D eigenvalue weighted by Crippen LogP contribution is 2.48. The Hall–Kier alpha value is -1.40. The summed E-state index contributed by atoms with van der Waals surface area (Å²) < 4.78 is 26.5. The molecule has 1 aromatic carbocycles. The van der Waals surface area contributed by atoms with Gasteiger partial charge in [0, 0.05) is 6.54 Å². The number of sulfonamides is 1. The molecule has 0 heterocycles. The van der Waals surface area contributed by atoms with Gasteiger partial charge in [-0.1, -0.05) is 25.5 Å². The number of carboxylic acids is 1. The number of carboxylic acid groups (broad SMARTS) is 1. The number of nitrogens with one attached hydrogen (secondary N) is 1. The summed E-state index contributed by atoms with van der Waals surface area (Å²) in [5, 5.41) is 9.20. The summed E-state index contributed by atoms with van der Waals surface area (Å²) in [5.41, 5.74) is -0.115. The van der Waals surface area contributed by atoms with Gasteiger partial charge >= 0.3 is 5.97 Å². The van der Waals surface area contributed by atoms with Gasteiger partial charge in [-0.3, -0.25) is 4.79 Å². The fourth-order valence-corrected chi connectivity index (χ4v) is 3.24. The van der Waals surface area contributed by atoms with Crippen molar-refractivity contribution < 1.29 is 18.3 Å². The molecular formula is C14H19NO4S. The number of aliphatic carboxylic acids is 1. The molecule has 0 aliphatic heterocycles. The highest BCUT2D eigenvalue weighted by Gasteiger charge is 2.51. The van der Waals surface area contributed by atoms with Crippen molar-refractivity contribution in [1.82, 2.24) is 4.72 Å². The molecule has 0 saturated heterocycles. The van der Waals surface area contributed by atoms with Crippen LogP contribution in [0.4, 0.5) is 0 Å². The summed E-state index contributed by atoms with van der Waals surface area (Å²) in [4.78, 5) is 11.4. The minimum atomic E-state index is -3.49. The molecule has 110 valence electrons. The lowest BCUT2D eigenvalue weighted by Gasteiger charge is -2.11. The number of hydrogen-bond acceptors (Lipinski definition) is 3. The van der Waals surface area contributed by atoms with Gasteiger partial charge in [-0.15, -0.1) is 0 Å². The van der Waals surface area contributed by atoms with Crippen LogP contribution in [-0.4, -0.2) is 26.0 Å². The van der Waals surface area contributed by atoms with E-state index in [9.17, 15) is 18.3 Å². The number of hydrogen-bond donors (Lipinski definition) is 2. The van der Waals surface area contributed by atoms with Crippen molar-refractivity contribution in [3.63, 3.8) is 0 Å². The molecule has 1 aliphatic rings. The lowest BCUT2D eigenvalue weighted by molar-refractivity contribution is -0.140. The van der Waals surface area contributed by atoms with E-state index in [4.69, 9.17) is 0 Å². The molecule has 20 heavy (non-hydrogen) atoms. The van der Waals surface area contributed by atoms with Crippen molar-refractivity contribution in [2.45, 2.75) is 42.9 Å². The van der Waals surface area contributed by atoms with Crippen LogP contribution in [0.3, 0.4) is 0 Å². The van der Waals surface area contributed by atoms with E-state index >= 15 is 0 Å². The zero-order valence-electron chi connectivity index (χ0n) is 11.4. The third kappa shape index (κ3) is 2.86. The number of unbranched alkanes of at least 4 members (excludes halogenated alkanes) is 1. The van der Waals surface area contributed by atoms with Crippen LogP contribution in [0.1, 0.15) is 38.2 Å². The van der Waals surface area contributed by atoms with Gasteiger partial charge < -0.3 is 5.11 Å². The smallest absolute Gasteiger partial charge is 0.314 e. The van der Waals surface area contributed by atoms with Crippen molar-refractivity contribution in [3.8, 4) is 0 Å². The molecule has 2 N–H and O–H groups in total. The standard InChI is InChI=1S/C14H19NO4S/c1-2-3-10-15-20(18,19)12-6-4-11(5-7-12)14(8-9-14)13(16)17/h4-7,15H,2-3,8-10H2,1H3,(H,16,17). The van der Waals surface area contributed by atoms with Crippen molar-refractivity contribution in [2.24, 2.45) is 0 Å². The van der Waals surface area contributed by atoms with Crippen molar-refractivity contribution in [3.05, 3.63) is 29.8 Å². The third-order valence-electron chi connectivity index (χ3n) is 3.70. The van der Waals surface area contributed by atoms with Gasteiger partial charge in [0.1, 0.15) is 0 Å². The van der Waals surface area contributed by atoms with Gasteiger partial charge in [0.25, 0.3) is 0 Å². The minimum Gasteiger partial charge on any atom is -0.481 e. The fraction of sp³-hybridized carbons (Fsp3) is 0.500. The summed E-state index contributed by atoms with van der Waals surface area (Å²) in [6.07, 6.45) is 2.94. The topological polar surface area (TPSA) is 83.5 Å². The van der Waals surface area contributed by atoms with Gasteiger partial charge in [0.15, 0.2) is 0 Å². The maximum Gasteiger partial charge on any atom is 0.314 e. The molecule has 1 aliphatic carbocycles. The van der Waals surface area contributed by atoms with Crippen molar-refractivity contribution >= 4 is 16.0 Å². The summed E-state index contributed by atoms with van der Waals surface area (Å²) >= 11 is 0. The average molecular weight is 297 g/mol. The first kappa shape index (κ1) is 15.0. The molecule has 0 aromatic heterocycles. The van der Waals surface area contributed by atoms with Gasteiger partial charge in [-0.2, -0.15) is 0 Å². The second-order valence-corrected chi connectivity index (χ2v) is 6.93. The molecule has 0 atom stereocenters. The van der Waals surface area contributed by atoms with Gasteiger partial charge in [-0.05, 0) is 37.0 Å². The molecule has 0 amide bonds.